The molecule has 0 saturated heterocycles. The van der Waals surface area contributed by atoms with Gasteiger partial charge in [0.05, 0.1) is 11.3 Å². The van der Waals surface area contributed by atoms with Gasteiger partial charge in [-0.3, -0.25) is 4.72 Å². The molecular weight excluding hydrogens is 409 g/mol. The van der Waals surface area contributed by atoms with E-state index >= 15 is 0 Å². The van der Waals surface area contributed by atoms with Crippen LogP contribution in [0.3, 0.4) is 0 Å². The van der Waals surface area contributed by atoms with Crippen LogP contribution in [0.5, 0.6) is 17.4 Å². The van der Waals surface area contributed by atoms with Gasteiger partial charge < -0.3 is 9.47 Å². The normalized spacial score (nSPS) is 15.0. The molecule has 150 valence electrons. The average molecular weight is 422 g/mol. The SMILES string of the molecule is O=S1(=O)COc2cccc(-c3ccc(Oc4cc(C(F)(F)F)ccn4)cc3)c2N1. The van der Waals surface area contributed by atoms with Gasteiger partial charge in [0.25, 0.3) is 10.0 Å². The lowest BCUT2D eigenvalue weighted by Crippen LogP contribution is -2.25. The number of nitrogens with zero attached hydrogens (tertiary/aromatic N) is 1. The fraction of sp³-hybridized carbons (Fsp3) is 0.105. The minimum atomic E-state index is -4.49. The zero-order valence-electron chi connectivity index (χ0n) is 14.6. The zero-order chi connectivity index (χ0) is 20.6. The van der Waals surface area contributed by atoms with Gasteiger partial charge >= 0.3 is 6.18 Å². The van der Waals surface area contributed by atoms with Crippen molar-refractivity contribution in [3.05, 3.63) is 66.4 Å². The summed E-state index contributed by atoms with van der Waals surface area (Å²) in [7, 11) is -3.59. The van der Waals surface area contributed by atoms with E-state index in [0.717, 1.165) is 18.3 Å². The maximum absolute atomic E-state index is 12.8. The lowest BCUT2D eigenvalue weighted by molar-refractivity contribution is -0.137. The highest BCUT2D eigenvalue weighted by atomic mass is 32.2. The van der Waals surface area contributed by atoms with Crippen LogP contribution in [-0.2, 0) is 16.2 Å². The van der Waals surface area contributed by atoms with E-state index < -0.39 is 27.7 Å². The molecule has 0 amide bonds. The zero-order valence-corrected chi connectivity index (χ0v) is 15.4. The molecule has 2 aromatic carbocycles. The lowest BCUT2D eigenvalue weighted by Gasteiger charge is -2.22. The van der Waals surface area contributed by atoms with Crippen molar-refractivity contribution in [3.63, 3.8) is 0 Å². The van der Waals surface area contributed by atoms with E-state index in [4.69, 9.17) is 9.47 Å². The van der Waals surface area contributed by atoms with Gasteiger partial charge in [0.15, 0.2) is 0 Å². The predicted octanol–water partition coefficient (Wildman–Crippen LogP) is 4.65. The first-order valence-electron chi connectivity index (χ1n) is 8.29. The summed E-state index contributed by atoms with van der Waals surface area (Å²) in [5.74, 6) is 0.0408. The van der Waals surface area contributed by atoms with Crippen molar-refractivity contribution < 1.29 is 31.1 Å². The Kier molecular flexibility index (Phi) is 4.58. The Bertz CT molecular complexity index is 1160. The van der Waals surface area contributed by atoms with Crippen molar-refractivity contribution in [2.75, 3.05) is 10.7 Å². The van der Waals surface area contributed by atoms with Gasteiger partial charge in [-0.15, -0.1) is 0 Å². The number of rotatable bonds is 3. The van der Waals surface area contributed by atoms with Gasteiger partial charge in [0.1, 0.15) is 11.5 Å². The van der Waals surface area contributed by atoms with Crippen molar-refractivity contribution in [1.29, 1.82) is 0 Å². The van der Waals surface area contributed by atoms with Crippen LogP contribution in [0.2, 0.25) is 0 Å². The molecule has 1 N–H and O–H groups in total. The molecule has 6 nitrogen and oxygen atoms in total. The third kappa shape index (κ3) is 4.11. The van der Waals surface area contributed by atoms with E-state index in [1.165, 1.54) is 0 Å². The Morgan fingerprint density at radius 1 is 1.07 bits per heavy atom. The van der Waals surface area contributed by atoms with E-state index in [0.29, 0.717) is 22.6 Å². The van der Waals surface area contributed by atoms with Crippen molar-refractivity contribution in [3.8, 4) is 28.5 Å². The van der Waals surface area contributed by atoms with Crippen molar-refractivity contribution in [2.45, 2.75) is 6.18 Å². The lowest BCUT2D eigenvalue weighted by atomic mass is 10.0. The standard InChI is InChI=1S/C19H13F3N2O4S/c20-19(21,22)13-8-9-23-17(10-13)28-14-6-4-12(5-7-14)15-2-1-3-16-18(15)24-29(25,26)11-27-16/h1-10,24H,11H2. The number of anilines is 1. The number of sulfonamides is 1. The van der Waals surface area contributed by atoms with Gasteiger partial charge in [0.2, 0.25) is 11.8 Å². The first-order valence-corrected chi connectivity index (χ1v) is 9.94. The van der Waals surface area contributed by atoms with Crippen LogP contribution >= 0.6 is 0 Å². The predicted molar refractivity (Wildman–Crippen MR) is 99.2 cm³/mol. The number of ether oxygens (including phenoxy) is 2. The molecular formula is C19H13F3N2O4S. The summed E-state index contributed by atoms with van der Waals surface area (Å²) in [6.07, 6.45) is -3.47. The van der Waals surface area contributed by atoms with Gasteiger partial charge in [0, 0.05) is 17.8 Å². The van der Waals surface area contributed by atoms with Crippen LogP contribution in [0.1, 0.15) is 5.56 Å². The van der Waals surface area contributed by atoms with E-state index in [1.807, 2.05) is 0 Å². The van der Waals surface area contributed by atoms with Crippen molar-refractivity contribution in [1.82, 2.24) is 4.98 Å². The van der Waals surface area contributed by atoms with Gasteiger partial charge in [-0.2, -0.15) is 13.2 Å². The number of aromatic nitrogens is 1. The van der Waals surface area contributed by atoms with Crippen molar-refractivity contribution >= 4 is 15.7 Å². The minimum Gasteiger partial charge on any atom is -0.474 e. The van der Waals surface area contributed by atoms with Crippen LogP contribution in [0, 0.1) is 0 Å². The fourth-order valence-electron chi connectivity index (χ4n) is 2.79. The number of halogens is 3. The largest absolute Gasteiger partial charge is 0.474 e. The Labute approximate surface area is 164 Å². The average Bonchev–Trinajstić information content (AvgIpc) is 2.67. The van der Waals surface area contributed by atoms with Crippen LogP contribution in [0.25, 0.3) is 11.1 Å². The quantitative estimate of drug-likeness (QED) is 0.665. The number of benzene rings is 2. The van der Waals surface area contributed by atoms with Gasteiger partial charge in [-0.05, 0) is 29.8 Å². The van der Waals surface area contributed by atoms with Gasteiger partial charge in [-0.25, -0.2) is 13.4 Å². The molecule has 0 unspecified atom stereocenters. The Balaban J connectivity index is 1.60. The van der Waals surface area contributed by atoms with E-state index in [-0.39, 0.29) is 11.6 Å². The number of fused-ring (bicyclic) bond motifs is 1. The second kappa shape index (κ2) is 6.96. The minimum absolute atomic E-state index is 0.189. The van der Waals surface area contributed by atoms with E-state index in [1.54, 1.807) is 42.5 Å². The first kappa shape index (κ1) is 19.1. The van der Waals surface area contributed by atoms with Gasteiger partial charge in [-0.1, -0.05) is 24.3 Å². The molecule has 0 spiro atoms. The summed E-state index contributed by atoms with van der Waals surface area (Å²) >= 11 is 0. The summed E-state index contributed by atoms with van der Waals surface area (Å²) in [6, 6.07) is 13.2. The molecule has 0 saturated carbocycles. The Hall–Kier alpha value is -3.27. The molecule has 2 heterocycles. The molecule has 3 aromatic rings. The van der Waals surface area contributed by atoms with Crippen LogP contribution < -0.4 is 14.2 Å². The molecule has 0 aliphatic carbocycles. The molecule has 0 bridgehead atoms. The van der Waals surface area contributed by atoms with E-state index in [9.17, 15) is 21.6 Å². The summed E-state index contributed by atoms with van der Waals surface area (Å²) < 4.78 is 75.2. The summed E-state index contributed by atoms with van der Waals surface area (Å²) in [5.41, 5.74) is 0.725. The Morgan fingerprint density at radius 3 is 2.55 bits per heavy atom. The van der Waals surface area contributed by atoms with Crippen LogP contribution in [0.15, 0.2) is 60.8 Å². The first-order chi connectivity index (χ1) is 13.7. The monoisotopic (exact) mass is 422 g/mol. The molecule has 0 radical (unpaired) electrons. The van der Waals surface area contributed by atoms with Crippen LogP contribution in [-0.4, -0.2) is 19.3 Å². The second-order valence-corrected chi connectivity index (χ2v) is 7.83. The summed E-state index contributed by atoms with van der Waals surface area (Å²) in [4.78, 5) is 3.79. The summed E-state index contributed by atoms with van der Waals surface area (Å²) in [6.45, 7) is 0. The number of pyridine rings is 1. The highest BCUT2D eigenvalue weighted by Crippen LogP contribution is 2.39. The Morgan fingerprint density at radius 2 is 1.83 bits per heavy atom. The number of alkyl halides is 3. The third-order valence-corrected chi connectivity index (χ3v) is 5.05. The molecule has 10 heteroatoms. The maximum atomic E-state index is 12.8. The number of hydrogen-bond acceptors (Lipinski definition) is 5. The molecule has 0 atom stereocenters. The highest BCUT2D eigenvalue weighted by Gasteiger charge is 2.31. The van der Waals surface area contributed by atoms with Crippen LogP contribution in [0.4, 0.5) is 18.9 Å². The fourth-order valence-corrected chi connectivity index (χ4v) is 3.65. The topological polar surface area (TPSA) is 77.5 Å². The highest BCUT2D eigenvalue weighted by molar-refractivity contribution is 7.92. The molecule has 29 heavy (non-hydrogen) atoms. The maximum Gasteiger partial charge on any atom is 0.416 e. The molecule has 1 aromatic heterocycles. The number of hydrogen-bond donors (Lipinski definition) is 1. The summed E-state index contributed by atoms with van der Waals surface area (Å²) in [5, 5.41) is 0. The molecule has 1 aliphatic heterocycles. The second-order valence-electron chi connectivity index (χ2n) is 6.16. The van der Waals surface area contributed by atoms with E-state index in [2.05, 4.69) is 9.71 Å². The number of para-hydroxylation sites is 1. The molecule has 4 rings (SSSR count). The van der Waals surface area contributed by atoms with Crippen molar-refractivity contribution in [2.24, 2.45) is 0 Å². The molecule has 1 aliphatic rings. The molecule has 0 fully saturated rings. The number of nitrogens with one attached hydrogen (secondary N) is 1. The third-order valence-electron chi connectivity index (χ3n) is 4.10. The smallest absolute Gasteiger partial charge is 0.416 e.